The Bertz CT molecular complexity index is 1040. The molecule has 0 spiro atoms. The van der Waals surface area contributed by atoms with Crippen molar-refractivity contribution in [3.8, 4) is 22.8 Å². The summed E-state index contributed by atoms with van der Waals surface area (Å²) in [6.45, 7) is 2.08. The number of hydrogen-bond donors (Lipinski definition) is 2. The lowest BCUT2D eigenvalue weighted by Crippen LogP contribution is -2.50. The fraction of sp³-hybridized carbons (Fsp3) is 0.381. The Labute approximate surface area is 182 Å². The molecule has 1 heterocycles. The summed E-state index contributed by atoms with van der Waals surface area (Å²) in [5.74, 6) is -3.03. The molecule has 0 aliphatic rings. The molecule has 0 aliphatic heterocycles. The van der Waals surface area contributed by atoms with E-state index in [4.69, 9.17) is 15.2 Å². The minimum atomic E-state index is -5.11. The minimum absolute atomic E-state index is 0.164. The van der Waals surface area contributed by atoms with Gasteiger partial charge in [0.1, 0.15) is 18.0 Å². The Kier molecular flexibility index (Phi) is 7.55. The third-order valence-corrected chi connectivity index (χ3v) is 4.70. The number of anilines is 1. The number of pyridine rings is 1. The molecule has 1 aromatic heterocycles. The van der Waals surface area contributed by atoms with Crippen LogP contribution in [0.3, 0.4) is 0 Å². The van der Waals surface area contributed by atoms with Gasteiger partial charge in [-0.05, 0) is 30.2 Å². The highest BCUT2D eigenvalue weighted by atomic mass is 19.4. The zero-order valence-electron chi connectivity index (χ0n) is 17.9. The minimum Gasteiger partial charge on any atom is -0.497 e. The fourth-order valence-electron chi connectivity index (χ4n) is 3.03. The number of nitrogens with zero attached hydrogens (tertiary/aromatic N) is 1. The van der Waals surface area contributed by atoms with Crippen LogP contribution in [0.5, 0.6) is 11.5 Å². The first-order valence-electron chi connectivity index (χ1n) is 9.52. The van der Waals surface area contributed by atoms with Crippen LogP contribution in [0, 0.1) is 5.92 Å². The van der Waals surface area contributed by atoms with Crippen molar-refractivity contribution in [2.45, 2.75) is 32.6 Å². The third-order valence-electron chi connectivity index (χ3n) is 4.70. The maximum absolute atomic E-state index is 12.9. The Balaban J connectivity index is 2.46. The maximum Gasteiger partial charge on any atom is 0.452 e. The van der Waals surface area contributed by atoms with Crippen LogP contribution in [-0.4, -0.2) is 42.7 Å². The van der Waals surface area contributed by atoms with Gasteiger partial charge in [0.2, 0.25) is 5.91 Å². The van der Waals surface area contributed by atoms with E-state index in [0.717, 1.165) is 4.57 Å². The van der Waals surface area contributed by atoms with E-state index in [1.165, 1.54) is 40.2 Å². The molecule has 2 aromatic rings. The van der Waals surface area contributed by atoms with Crippen LogP contribution in [-0.2, 0) is 16.1 Å². The van der Waals surface area contributed by atoms with Crippen LogP contribution in [0.1, 0.15) is 13.8 Å². The second kappa shape index (κ2) is 9.75. The lowest BCUT2D eigenvalue weighted by Gasteiger charge is -2.23. The van der Waals surface area contributed by atoms with Gasteiger partial charge in [-0.15, -0.1) is 0 Å². The van der Waals surface area contributed by atoms with Crippen molar-refractivity contribution in [1.82, 2.24) is 9.88 Å². The molecular formula is C21H24F3N3O5. The summed E-state index contributed by atoms with van der Waals surface area (Å²) in [6, 6.07) is 5.82. The summed E-state index contributed by atoms with van der Waals surface area (Å²) in [4.78, 5) is 36.9. The number of benzene rings is 1. The molecule has 1 amide bonds. The van der Waals surface area contributed by atoms with Crippen LogP contribution >= 0.6 is 0 Å². The molecule has 0 bridgehead atoms. The number of ether oxygens (including phenoxy) is 2. The number of carbonyl (C=O) groups is 2. The van der Waals surface area contributed by atoms with E-state index >= 15 is 0 Å². The first-order valence-corrected chi connectivity index (χ1v) is 9.52. The van der Waals surface area contributed by atoms with Gasteiger partial charge in [-0.3, -0.25) is 19.0 Å². The molecule has 0 aliphatic carbocycles. The largest absolute Gasteiger partial charge is 0.497 e. The monoisotopic (exact) mass is 455 g/mol. The summed E-state index contributed by atoms with van der Waals surface area (Å²) >= 11 is 0. The van der Waals surface area contributed by atoms with E-state index in [0.29, 0.717) is 17.1 Å². The summed E-state index contributed by atoms with van der Waals surface area (Å²) in [7, 11) is 2.87. The highest BCUT2D eigenvalue weighted by Gasteiger charge is 2.45. The Morgan fingerprint density at radius 3 is 2.12 bits per heavy atom. The smallest absolute Gasteiger partial charge is 0.452 e. The summed E-state index contributed by atoms with van der Waals surface area (Å²) in [5, 5.41) is 2.08. The van der Waals surface area contributed by atoms with Gasteiger partial charge in [-0.2, -0.15) is 13.2 Å². The van der Waals surface area contributed by atoms with E-state index in [-0.39, 0.29) is 11.4 Å². The molecule has 8 nitrogen and oxygen atoms in total. The number of methoxy groups -OCH3 is 2. The second-order valence-corrected chi connectivity index (χ2v) is 7.32. The normalized spacial score (nSPS) is 12.4. The number of rotatable bonds is 8. The Morgan fingerprint density at radius 2 is 1.66 bits per heavy atom. The number of ketones is 1. The van der Waals surface area contributed by atoms with E-state index in [2.05, 4.69) is 5.32 Å². The number of hydrogen-bond acceptors (Lipinski definition) is 6. The number of nitrogens with two attached hydrogens (primary N) is 1. The van der Waals surface area contributed by atoms with Gasteiger partial charge in [-0.1, -0.05) is 13.8 Å². The number of halogens is 3. The van der Waals surface area contributed by atoms with Crippen molar-refractivity contribution in [1.29, 1.82) is 0 Å². The zero-order chi connectivity index (χ0) is 24.2. The van der Waals surface area contributed by atoms with E-state index in [1.54, 1.807) is 18.2 Å². The van der Waals surface area contributed by atoms with Crippen LogP contribution < -0.4 is 26.1 Å². The number of alkyl halides is 3. The average Bonchev–Trinajstić information content (AvgIpc) is 2.73. The second-order valence-electron chi connectivity index (χ2n) is 7.32. The first kappa shape index (κ1) is 24.8. The van der Waals surface area contributed by atoms with Gasteiger partial charge in [0.15, 0.2) is 0 Å². The van der Waals surface area contributed by atoms with E-state index in [1.807, 2.05) is 0 Å². The van der Waals surface area contributed by atoms with Crippen molar-refractivity contribution in [2.24, 2.45) is 5.92 Å². The van der Waals surface area contributed by atoms with Gasteiger partial charge < -0.3 is 20.5 Å². The molecule has 3 N–H and O–H groups in total. The van der Waals surface area contributed by atoms with E-state index in [9.17, 15) is 27.6 Å². The van der Waals surface area contributed by atoms with E-state index < -0.39 is 41.9 Å². The topological polar surface area (TPSA) is 113 Å². The number of amides is 1. The first-order chi connectivity index (χ1) is 14.9. The van der Waals surface area contributed by atoms with Crippen molar-refractivity contribution in [2.75, 3.05) is 20.0 Å². The average molecular weight is 455 g/mol. The van der Waals surface area contributed by atoms with Crippen molar-refractivity contribution in [3.05, 3.63) is 40.7 Å². The molecule has 32 heavy (non-hydrogen) atoms. The van der Waals surface area contributed by atoms with Gasteiger partial charge >= 0.3 is 6.18 Å². The number of carbonyl (C=O) groups excluding carboxylic acids is 2. The molecule has 0 saturated carbocycles. The molecule has 1 unspecified atom stereocenters. The predicted molar refractivity (Wildman–Crippen MR) is 111 cm³/mol. The SMILES string of the molecule is COc1cc(OC)cc(-c2ccc(N)c(=O)n2CC(=O)NC(C(=O)C(F)(F)F)C(C)C)c1. The van der Waals surface area contributed by atoms with Crippen molar-refractivity contribution < 1.29 is 32.2 Å². The molecular weight excluding hydrogens is 431 g/mol. The molecule has 1 atom stereocenters. The van der Waals surface area contributed by atoms with Crippen LogP contribution in [0.15, 0.2) is 35.1 Å². The summed E-state index contributed by atoms with van der Waals surface area (Å²) in [5.41, 5.74) is 5.50. The number of aromatic nitrogens is 1. The standard InChI is InChI=1S/C21H24F3N3O5/c1-11(2)18(19(29)21(22,23)24)26-17(28)10-27-16(6-5-15(25)20(27)30)12-7-13(31-3)9-14(8-12)32-4/h5-9,11,18H,10,25H2,1-4H3,(H,26,28). The number of Topliss-reactive ketones (excluding diaryl/α,β-unsaturated/α-hetero) is 1. The van der Waals surface area contributed by atoms with Crippen LogP contribution in [0.2, 0.25) is 0 Å². The van der Waals surface area contributed by atoms with Gasteiger partial charge in [0, 0.05) is 11.6 Å². The van der Waals surface area contributed by atoms with Crippen LogP contribution in [0.25, 0.3) is 11.3 Å². The zero-order valence-corrected chi connectivity index (χ0v) is 17.9. The number of nitrogen functional groups attached to an aromatic ring is 1. The predicted octanol–water partition coefficient (Wildman–Crippen LogP) is 2.39. The van der Waals surface area contributed by atoms with Crippen molar-refractivity contribution in [3.63, 3.8) is 0 Å². The summed E-state index contributed by atoms with van der Waals surface area (Å²) in [6.07, 6.45) is -5.11. The Morgan fingerprint density at radius 1 is 1.09 bits per heavy atom. The third kappa shape index (κ3) is 5.59. The lowest BCUT2D eigenvalue weighted by atomic mass is 9.99. The highest BCUT2D eigenvalue weighted by Crippen LogP contribution is 2.29. The maximum atomic E-state index is 12.9. The number of nitrogens with one attached hydrogen (secondary N) is 1. The molecule has 0 saturated heterocycles. The van der Waals surface area contributed by atoms with Crippen molar-refractivity contribution >= 4 is 17.4 Å². The highest BCUT2D eigenvalue weighted by molar-refractivity contribution is 5.93. The lowest BCUT2D eigenvalue weighted by molar-refractivity contribution is -0.174. The van der Waals surface area contributed by atoms with Crippen LogP contribution in [0.4, 0.5) is 18.9 Å². The molecule has 174 valence electrons. The molecule has 1 aromatic carbocycles. The quantitative estimate of drug-likeness (QED) is 0.632. The molecule has 11 heteroatoms. The van der Waals surface area contributed by atoms with Gasteiger partial charge in [0.05, 0.1) is 31.6 Å². The van der Waals surface area contributed by atoms with Gasteiger partial charge in [-0.25, -0.2) is 0 Å². The Hall–Kier alpha value is -3.50. The van der Waals surface area contributed by atoms with Gasteiger partial charge in [0.25, 0.3) is 11.3 Å². The molecule has 0 fully saturated rings. The fourth-order valence-corrected chi connectivity index (χ4v) is 3.03. The summed E-state index contributed by atoms with van der Waals surface area (Å²) < 4.78 is 50.1. The molecule has 2 rings (SSSR count). The molecule has 0 radical (unpaired) electrons.